The second-order valence-corrected chi connectivity index (χ2v) is 7.19. The molecule has 0 saturated carbocycles. The Balaban J connectivity index is 1.87. The van der Waals surface area contributed by atoms with Crippen molar-refractivity contribution >= 4 is 34.9 Å². The molecule has 0 aliphatic rings. The molecule has 30 heavy (non-hydrogen) atoms. The highest BCUT2D eigenvalue weighted by atomic mass is 35.5. The first-order valence-electron chi connectivity index (χ1n) is 9.05. The molecule has 0 unspecified atom stereocenters. The Hall–Kier alpha value is -3.13. The Morgan fingerprint density at radius 3 is 2.27 bits per heavy atom. The minimum absolute atomic E-state index is 0.317. The van der Waals surface area contributed by atoms with Crippen molar-refractivity contribution in [3.8, 4) is 23.3 Å². The van der Waals surface area contributed by atoms with Crippen LogP contribution < -0.4 is 14.2 Å². The second-order valence-electron chi connectivity index (χ2n) is 6.35. The smallest absolute Gasteiger partial charge is 0.180 e. The number of ether oxygens (including phenoxy) is 3. The summed E-state index contributed by atoms with van der Waals surface area (Å²) in [6.45, 7) is 0.317. The van der Waals surface area contributed by atoms with Gasteiger partial charge in [-0.3, -0.25) is 0 Å². The van der Waals surface area contributed by atoms with Crippen LogP contribution in [-0.4, -0.2) is 14.2 Å². The van der Waals surface area contributed by atoms with Gasteiger partial charge in [-0.15, -0.1) is 0 Å². The van der Waals surface area contributed by atoms with Crippen molar-refractivity contribution in [1.82, 2.24) is 0 Å². The van der Waals surface area contributed by atoms with Crippen molar-refractivity contribution in [2.24, 2.45) is 0 Å². The van der Waals surface area contributed by atoms with Gasteiger partial charge in [0.05, 0.1) is 30.9 Å². The second kappa shape index (κ2) is 10.1. The summed E-state index contributed by atoms with van der Waals surface area (Å²) >= 11 is 12.4. The van der Waals surface area contributed by atoms with E-state index in [0.717, 1.165) is 22.4 Å². The lowest BCUT2D eigenvalue weighted by Gasteiger charge is -2.14. The fourth-order valence-electron chi connectivity index (χ4n) is 2.82. The third-order valence-corrected chi connectivity index (χ3v) is 4.91. The average molecular weight is 440 g/mol. The van der Waals surface area contributed by atoms with Crippen molar-refractivity contribution in [3.63, 3.8) is 0 Å². The normalized spacial score (nSPS) is 11.0. The van der Waals surface area contributed by atoms with E-state index >= 15 is 0 Å². The van der Waals surface area contributed by atoms with Crippen LogP contribution in [0.25, 0.3) is 11.6 Å². The summed E-state index contributed by atoms with van der Waals surface area (Å²) in [6.07, 6.45) is 1.75. The van der Waals surface area contributed by atoms with Crippen molar-refractivity contribution in [3.05, 3.63) is 87.4 Å². The van der Waals surface area contributed by atoms with Crippen molar-refractivity contribution in [1.29, 1.82) is 5.26 Å². The van der Waals surface area contributed by atoms with Crippen LogP contribution in [0.4, 0.5) is 0 Å². The zero-order chi connectivity index (χ0) is 21.5. The number of benzene rings is 3. The van der Waals surface area contributed by atoms with Crippen molar-refractivity contribution < 1.29 is 14.2 Å². The van der Waals surface area contributed by atoms with Gasteiger partial charge in [-0.1, -0.05) is 35.3 Å². The highest BCUT2D eigenvalue weighted by Gasteiger charge is 2.13. The molecule has 3 aromatic carbocycles. The van der Waals surface area contributed by atoms with Crippen LogP contribution in [0.5, 0.6) is 17.2 Å². The van der Waals surface area contributed by atoms with Crippen LogP contribution in [0.1, 0.15) is 16.7 Å². The molecule has 0 N–H and O–H groups in total. The van der Waals surface area contributed by atoms with Crippen LogP contribution in [0.15, 0.2) is 60.7 Å². The molecule has 0 aliphatic carbocycles. The Kier molecular flexibility index (Phi) is 7.24. The molecule has 0 saturated heterocycles. The minimum atomic E-state index is 0.317. The molecule has 0 aliphatic heterocycles. The predicted molar refractivity (Wildman–Crippen MR) is 120 cm³/mol. The number of nitrogens with zero attached hydrogens (tertiary/aromatic N) is 1. The number of halogens is 2. The van der Waals surface area contributed by atoms with E-state index in [1.54, 1.807) is 44.6 Å². The fourth-order valence-corrected chi connectivity index (χ4v) is 3.22. The van der Waals surface area contributed by atoms with Gasteiger partial charge in [0, 0.05) is 5.02 Å². The monoisotopic (exact) mass is 439 g/mol. The third-order valence-electron chi connectivity index (χ3n) is 4.38. The van der Waals surface area contributed by atoms with E-state index in [1.165, 1.54) is 0 Å². The molecule has 0 radical (unpaired) electrons. The van der Waals surface area contributed by atoms with Gasteiger partial charge < -0.3 is 14.2 Å². The van der Waals surface area contributed by atoms with E-state index in [9.17, 15) is 5.26 Å². The fraction of sp³-hybridized carbons (Fsp3) is 0.125. The van der Waals surface area contributed by atoms with E-state index in [0.29, 0.717) is 33.7 Å². The van der Waals surface area contributed by atoms with Crippen LogP contribution in [0, 0.1) is 11.3 Å². The quantitative estimate of drug-likeness (QED) is 0.305. The number of rotatable bonds is 7. The summed E-state index contributed by atoms with van der Waals surface area (Å²) in [6, 6.07) is 20.4. The van der Waals surface area contributed by atoms with Crippen LogP contribution in [-0.2, 0) is 6.61 Å². The molecule has 3 aromatic rings. The molecule has 0 aromatic heterocycles. The maximum atomic E-state index is 9.60. The van der Waals surface area contributed by atoms with E-state index in [-0.39, 0.29) is 0 Å². The molecule has 4 nitrogen and oxygen atoms in total. The maximum Gasteiger partial charge on any atom is 0.180 e. The van der Waals surface area contributed by atoms with Crippen molar-refractivity contribution in [2.75, 3.05) is 14.2 Å². The first kappa shape index (κ1) is 21.6. The summed E-state index contributed by atoms with van der Waals surface area (Å²) in [5.74, 6) is 1.65. The standard InChI is InChI=1S/C24H19Cl2NO3/c1-28-21-9-5-18(6-10-21)19(14-27)11-17-12-22(26)24(23(13-17)29-2)30-15-16-3-7-20(25)8-4-16/h3-13H,15H2,1-2H3/b19-11+. The topological polar surface area (TPSA) is 51.5 Å². The van der Waals surface area contributed by atoms with Gasteiger partial charge in [0.1, 0.15) is 12.4 Å². The first-order chi connectivity index (χ1) is 14.5. The summed E-state index contributed by atoms with van der Waals surface area (Å²) < 4.78 is 16.5. The van der Waals surface area contributed by atoms with E-state index in [2.05, 4.69) is 6.07 Å². The molecule has 0 bridgehead atoms. The highest BCUT2D eigenvalue weighted by Crippen LogP contribution is 2.38. The Morgan fingerprint density at radius 2 is 1.67 bits per heavy atom. The number of hydrogen-bond acceptors (Lipinski definition) is 4. The molecule has 0 amide bonds. The van der Waals surface area contributed by atoms with E-state index in [4.69, 9.17) is 37.4 Å². The van der Waals surface area contributed by atoms with Gasteiger partial charge in [0.25, 0.3) is 0 Å². The number of methoxy groups -OCH3 is 2. The van der Waals surface area contributed by atoms with Crippen LogP contribution in [0.2, 0.25) is 10.0 Å². The average Bonchev–Trinajstić information content (AvgIpc) is 2.77. The first-order valence-corrected chi connectivity index (χ1v) is 9.80. The minimum Gasteiger partial charge on any atom is -0.497 e. The lowest BCUT2D eigenvalue weighted by molar-refractivity contribution is 0.284. The Bertz CT molecular complexity index is 1090. The highest BCUT2D eigenvalue weighted by molar-refractivity contribution is 6.32. The van der Waals surface area contributed by atoms with Crippen LogP contribution >= 0.6 is 23.2 Å². The van der Waals surface area contributed by atoms with Gasteiger partial charge in [-0.05, 0) is 71.3 Å². The lowest BCUT2D eigenvalue weighted by atomic mass is 10.0. The summed E-state index contributed by atoms with van der Waals surface area (Å²) in [5, 5.41) is 10.7. The summed E-state index contributed by atoms with van der Waals surface area (Å²) in [7, 11) is 3.14. The zero-order valence-electron chi connectivity index (χ0n) is 16.5. The van der Waals surface area contributed by atoms with Gasteiger partial charge in [0.2, 0.25) is 0 Å². The molecule has 0 heterocycles. The molecule has 0 fully saturated rings. The van der Waals surface area contributed by atoms with Crippen LogP contribution in [0.3, 0.4) is 0 Å². The van der Waals surface area contributed by atoms with Gasteiger partial charge >= 0.3 is 0 Å². The molecular formula is C24H19Cl2NO3. The Labute approximate surface area is 185 Å². The number of nitriles is 1. The van der Waals surface area contributed by atoms with E-state index < -0.39 is 0 Å². The lowest BCUT2D eigenvalue weighted by Crippen LogP contribution is -1.99. The molecule has 3 rings (SSSR count). The third kappa shape index (κ3) is 5.27. The SMILES string of the molecule is COc1ccc(/C(C#N)=C/c2cc(Cl)c(OCc3ccc(Cl)cc3)c(OC)c2)cc1. The molecule has 152 valence electrons. The van der Waals surface area contributed by atoms with Gasteiger partial charge in [-0.2, -0.15) is 5.26 Å². The number of allylic oxidation sites excluding steroid dienone is 1. The zero-order valence-corrected chi connectivity index (χ0v) is 18.0. The summed E-state index contributed by atoms with van der Waals surface area (Å²) in [5.41, 5.74) is 2.94. The summed E-state index contributed by atoms with van der Waals surface area (Å²) in [4.78, 5) is 0. The van der Waals surface area contributed by atoms with E-state index in [1.807, 2.05) is 36.4 Å². The molecular weight excluding hydrogens is 421 g/mol. The van der Waals surface area contributed by atoms with Crippen molar-refractivity contribution in [2.45, 2.75) is 6.61 Å². The van der Waals surface area contributed by atoms with Gasteiger partial charge in [0.15, 0.2) is 11.5 Å². The van der Waals surface area contributed by atoms with Gasteiger partial charge in [-0.25, -0.2) is 0 Å². The maximum absolute atomic E-state index is 9.60. The predicted octanol–water partition coefficient (Wildman–Crippen LogP) is 6.65. The molecule has 0 spiro atoms. The Morgan fingerprint density at radius 1 is 0.967 bits per heavy atom. The molecule has 0 atom stereocenters. The number of hydrogen-bond donors (Lipinski definition) is 0. The largest absolute Gasteiger partial charge is 0.497 e. The molecule has 6 heteroatoms.